The van der Waals surface area contributed by atoms with Crippen LogP contribution >= 0.6 is 0 Å². The van der Waals surface area contributed by atoms with Gasteiger partial charge in [0.1, 0.15) is 25.6 Å². The maximum atomic E-state index is 13.9. The Hall–Kier alpha value is -4.37. The van der Waals surface area contributed by atoms with E-state index < -0.39 is 34.3 Å². The van der Waals surface area contributed by atoms with Crippen molar-refractivity contribution in [2.75, 3.05) is 24.1 Å². The van der Waals surface area contributed by atoms with Crippen molar-refractivity contribution in [3.8, 4) is 11.5 Å². The Bertz CT molecular complexity index is 1580. The lowest BCUT2D eigenvalue weighted by atomic mass is 9.95. The second kappa shape index (κ2) is 11.2. The fraction of sp³-hybridized carbons (Fsp3) is 0.167. The molecule has 0 fully saturated rings. The average molecular weight is 547 g/mol. The number of nitrogens with one attached hydrogen (secondary N) is 1. The molecule has 1 heterocycles. The smallest absolute Gasteiger partial charge is 0.264 e. The molecule has 1 atom stereocenters. The van der Waals surface area contributed by atoms with Crippen LogP contribution in [-0.4, -0.2) is 34.1 Å². The summed E-state index contributed by atoms with van der Waals surface area (Å²) >= 11 is 0. The lowest BCUT2D eigenvalue weighted by Crippen LogP contribution is -2.42. The first-order chi connectivity index (χ1) is 18.8. The van der Waals surface area contributed by atoms with Gasteiger partial charge in [0.25, 0.3) is 10.0 Å². The van der Waals surface area contributed by atoms with Gasteiger partial charge in [0.05, 0.1) is 16.6 Å². The van der Waals surface area contributed by atoms with Crippen LogP contribution in [0.5, 0.6) is 11.5 Å². The van der Waals surface area contributed by atoms with Crippen molar-refractivity contribution < 1.29 is 27.1 Å². The van der Waals surface area contributed by atoms with Crippen molar-refractivity contribution in [2.24, 2.45) is 0 Å². The Morgan fingerprint density at radius 2 is 1.56 bits per heavy atom. The maximum absolute atomic E-state index is 13.9. The molecule has 0 saturated heterocycles. The van der Waals surface area contributed by atoms with Crippen molar-refractivity contribution >= 4 is 21.6 Å². The summed E-state index contributed by atoms with van der Waals surface area (Å²) in [5.41, 5.74) is 2.86. The highest BCUT2D eigenvalue weighted by Crippen LogP contribution is 2.34. The molecule has 4 aromatic rings. The molecule has 200 valence electrons. The second-order valence-corrected chi connectivity index (χ2v) is 10.9. The number of sulfonamides is 1. The van der Waals surface area contributed by atoms with Gasteiger partial charge in [0, 0.05) is 6.07 Å². The number of rotatable bonds is 8. The normalized spacial score (nSPS) is 13.4. The standard InChI is InChI=1S/C30H27FN2O5S/c1-21-7-5-6-10-26(21)30(22-8-3-2-4-9-22)32-29(34)20-33(24-13-11-23(31)12-14-24)39(35,36)25-15-16-27-28(19-25)38-18-17-37-27/h2-16,19,30H,17-18,20H2,1H3,(H,32,34)/t30-/m1/s1. The number of carbonyl (C=O) groups is 1. The zero-order valence-corrected chi connectivity index (χ0v) is 22.0. The SMILES string of the molecule is Cc1ccccc1[C@H](NC(=O)CN(c1ccc(F)cc1)S(=O)(=O)c1ccc2c(c1)OCCO2)c1ccccc1. The summed E-state index contributed by atoms with van der Waals surface area (Å²) < 4.78 is 53.5. The van der Waals surface area contributed by atoms with Crippen molar-refractivity contribution in [1.82, 2.24) is 5.32 Å². The third kappa shape index (κ3) is 5.73. The molecule has 0 saturated carbocycles. The molecule has 1 aliphatic heterocycles. The molecule has 0 spiro atoms. The van der Waals surface area contributed by atoms with Crippen molar-refractivity contribution in [3.63, 3.8) is 0 Å². The van der Waals surface area contributed by atoms with Crippen molar-refractivity contribution in [2.45, 2.75) is 17.9 Å². The molecular formula is C30H27FN2O5S. The predicted molar refractivity (Wildman–Crippen MR) is 146 cm³/mol. The first-order valence-electron chi connectivity index (χ1n) is 12.4. The minimum absolute atomic E-state index is 0.0811. The van der Waals surface area contributed by atoms with Gasteiger partial charge in [-0.2, -0.15) is 0 Å². The van der Waals surface area contributed by atoms with E-state index in [4.69, 9.17) is 9.47 Å². The van der Waals surface area contributed by atoms with Gasteiger partial charge in [-0.3, -0.25) is 9.10 Å². The summed E-state index contributed by atoms with van der Waals surface area (Å²) in [6.07, 6.45) is 0. The van der Waals surface area contributed by atoms with Crippen LogP contribution in [0.1, 0.15) is 22.7 Å². The Labute approximate surface area is 226 Å². The van der Waals surface area contributed by atoms with Gasteiger partial charge >= 0.3 is 0 Å². The molecule has 4 aromatic carbocycles. The van der Waals surface area contributed by atoms with Gasteiger partial charge in [0.2, 0.25) is 5.91 Å². The summed E-state index contributed by atoms with van der Waals surface area (Å²) in [6.45, 7) is 2.08. The van der Waals surface area contributed by atoms with Crippen LogP contribution in [-0.2, 0) is 14.8 Å². The number of ether oxygens (including phenoxy) is 2. The first-order valence-corrected chi connectivity index (χ1v) is 13.8. The zero-order chi connectivity index (χ0) is 27.4. The summed E-state index contributed by atoms with van der Waals surface area (Å²) in [6, 6.07) is 25.9. The highest BCUT2D eigenvalue weighted by atomic mass is 32.2. The minimum atomic E-state index is -4.25. The number of hydrogen-bond acceptors (Lipinski definition) is 5. The van der Waals surface area contributed by atoms with Crippen molar-refractivity contribution in [3.05, 3.63) is 120 Å². The van der Waals surface area contributed by atoms with Gasteiger partial charge in [-0.15, -0.1) is 0 Å². The average Bonchev–Trinajstić information content (AvgIpc) is 2.96. The number of carbonyl (C=O) groups excluding carboxylic acids is 1. The van der Waals surface area contributed by atoms with E-state index in [2.05, 4.69) is 5.32 Å². The van der Waals surface area contributed by atoms with Gasteiger partial charge in [-0.05, 0) is 60.0 Å². The Kier molecular flexibility index (Phi) is 7.51. The summed E-state index contributed by atoms with van der Waals surface area (Å²) in [7, 11) is -4.25. The number of halogens is 1. The van der Waals surface area contributed by atoms with Crippen LogP contribution in [0.2, 0.25) is 0 Å². The topological polar surface area (TPSA) is 84.9 Å². The molecule has 1 amide bonds. The zero-order valence-electron chi connectivity index (χ0n) is 21.2. The van der Waals surface area contributed by atoms with E-state index in [1.165, 1.54) is 30.3 Å². The predicted octanol–water partition coefficient (Wildman–Crippen LogP) is 5.01. The number of anilines is 1. The van der Waals surface area contributed by atoms with Gasteiger partial charge < -0.3 is 14.8 Å². The van der Waals surface area contributed by atoms with Crippen LogP contribution in [0, 0.1) is 12.7 Å². The summed E-state index contributed by atoms with van der Waals surface area (Å²) in [4.78, 5) is 13.5. The number of amides is 1. The molecule has 0 aromatic heterocycles. The molecule has 1 N–H and O–H groups in total. The molecule has 39 heavy (non-hydrogen) atoms. The van der Waals surface area contributed by atoms with E-state index in [9.17, 15) is 17.6 Å². The first kappa shape index (κ1) is 26.2. The van der Waals surface area contributed by atoms with Crippen molar-refractivity contribution in [1.29, 1.82) is 0 Å². The Morgan fingerprint density at radius 3 is 2.28 bits per heavy atom. The molecule has 0 radical (unpaired) electrons. The molecule has 0 bridgehead atoms. The van der Waals surface area contributed by atoms with Crippen LogP contribution in [0.3, 0.4) is 0 Å². The van der Waals surface area contributed by atoms with Crippen LogP contribution in [0.4, 0.5) is 10.1 Å². The second-order valence-electron chi connectivity index (χ2n) is 9.06. The molecular weight excluding hydrogens is 519 g/mol. The number of nitrogens with zero attached hydrogens (tertiary/aromatic N) is 1. The fourth-order valence-corrected chi connectivity index (χ4v) is 5.90. The van der Waals surface area contributed by atoms with Gasteiger partial charge in [-0.1, -0.05) is 54.6 Å². The largest absolute Gasteiger partial charge is 0.486 e. The Morgan fingerprint density at radius 1 is 0.897 bits per heavy atom. The van der Waals surface area contributed by atoms with Crippen LogP contribution < -0.4 is 19.1 Å². The number of hydrogen-bond donors (Lipinski definition) is 1. The van der Waals surface area contributed by atoms with Crippen LogP contribution in [0.15, 0.2) is 102 Å². The molecule has 0 unspecified atom stereocenters. The summed E-state index contributed by atoms with van der Waals surface area (Å²) in [5, 5.41) is 3.01. The maximum Gasteiger partial charge on any atom is 0.264 e. The van der Waals surface area contributed by atoms with E-state index in [-0.39, 0.29) is 10.6 Å². The quantitative estimate of drug-likeness (QED) is 0.336. The molecule has 9 heteroatoms. The van der Waals surface area contributed by atoms with E-state index in [1.807, 2.05) is 61.5 Å². The highest BCUT2D eigenvalue weighted by Gasteiger charge is 2.30. The monoisotopic (exact) mass is 546 g/mol. The third-order valence-corrected chi connectivity index (χ3v) is 8.21. The van der Waals surface area contributed by atoms with Gasteiger partial charge in [0.15, 0.2) is 11.5 Å². The molecule has 1 aliphatic rings. The molecule has 5 rings (SSSR count). The number of aryl methyl sites for hydroxylation is 1. The Balaban J connectivity index is 1.49. The van der Waals surface area contributed by atoms with E-state index in [1.54, 1.807) is 0 Å². The molecule has 0 aliphatic carbocycles. The van der Waals surface area contributed by atoms with Gasteiger partial charge in [-0.25, -0.2) is 12.8 Å². The van der Waals surface area contributed by atoms with E-state index in [0.717, 1.165) is 33.1 Å². The third-order valence-electron chi connectivity index (χ3n) is 6.44. The van der Waals surface area contributed by atoms with E-state index in [0.29, 0.717) is 24.7 Å². The fourth-order valence-electron chi connectivity index (χ4n) is 4.47. The summed E-state index contributed by atoms with van der Waals surface area (Å²) in [5.74, 6) is -0.314. The van der Waals surface area contributed by atoms with E-state index >= 15 is 0 Å². The lowest BCUT2D eigenvalue weighted by Gasteiger charge is -2.27. The molecule has 7 nitrogen and oxygen atoms in total. The lowest BCUT2D eigenvalue weighted by molar-refractivity contribution is -0.120. The van der Waals surface area contributed by atoms with Crippen LogP contribution in [0.25, 0.3) is 0 Å². The highest BCUT2D eigenvalue weighted by molar-refractivity contribution is 7.92. The minimum Gasteiger partial charge on any atom is -0.486 e. The number of benzene rings is 4. The number of fused-ring (bicyclic) bond motifs is 1.